The molecule has 0 aliphatic heterocycles. The standard InChI is InChI=1S/C17H45N3O3Si4/c1-13-14-27(21-24(6,7)8,22-25(9,10)11)23-26(12,15(2)3)17(4,5)20-16(18)19/h15H,13-14H2,1-12H3,(H4,18,19,20). The molecule has 10 heteroatoms. The lowest BCUT2D eigenvalue weighted by Gasteiger charge is -2.50. The van der Waals surface area contributed by atoms with Gasteiger partial charge in [-0.3, -0.25) is 0 Å². The SMILES string of the molecule is CCC[Si](O[Si](C)(C)C)(O[Si](C)(C)C)O[Si](C)(C(C)C)C(C)(C)N=C(N)N. The number of rotatable bonds is 11. The highest BCUT2D eigenvalue weighted by Gasteiger charge is 2.57. The lowest BCUT2D eigenvalue weighted by atomic mass is 10.4. The van der Waals surface area contributed by atoms with Gasteiger partial charge in [0, 0.05) is 6.04 Å². The summed E-state index contributed by atoms with van der Waals surface area (Å²) in [6.07, 6.45) is 0.965. The Kier molecular flexibility index (Phi) is 9.23. The predicted molar refractivity (Wildman–Crippen MR) is 127 cm³/mol. The van der Waals surface area contributed by atoms with Crippen LogP contribution >= 0.6 is 0 Å². The number of hydrogen-bond acceptors (Lipinski definition) is 4. The van der Waals surface area contributed by atoms with Crippen LogP contribution in [0.4, 0.5) is 0 Å². The van der Waals surface area contributed by atoms with Crippen LogP contribution in [0.25, 0.3) is 0 Å². The Bertz CT molecular complexity index is 497. The van der Waals surface area contributed by atoms with Gasteiger partial charge in [0.1, 0.15) is 0 Å². The summed E-state index contributed by atoms with van der Waals surface area (Å²) in [6, 6.07) is 0.828. The fourth-order valence-corrected chi connectivity index (χ4v) is 20.4. The highest BCUT2D eigenvalue weighted by Crippen LogP contribution is 2.40. The first kappa shape index (κ1) is 27.0. The van der Waals surface area contributed by atoms with Crippen LogP contribution in [0.5, 0.6) is 0 Å². The Morgan fingerprint density at radius 3 is 1.56 bits per heavy atom. The van der Waals surface area contributed by atoms with Gasteiger partial charge in [0.15, 0.2) is 22.6 Å². The van der Waals surface area contributed by atoms with Crippen LogP contribution in [0.2, 0.25) is 57.4 Å². The Morgan fingerprint density at radius 1 is 0.889 bits per heavy atom. The Labute approximate surface area is 172 Å². The van der Waals surface area contributed by atoms with Crippen molar-refractivity contribution in [3.05, 3.63) is 0 Å². The van der Waals surface area contributed by atoms with Crippen LogP contribution < -0.4 is 11.5 Å². The number of nitrogens with zero attached hydrogens (tertiary/aromatic N) is 1. The van der Waals surface area contributed by atoms with E-state index in [9.17, 15) is 0 Å². The van der Waals surface area contributed by atoms with Crippen LogP contribution in [0.1, 0.15) is 41.0 Å². The van der Waals surface area contributed by atoms with E-state index in [4.69, 9.17) is 23.8 Å². The van der Waals surface area contributed by atoms with E-state index in [0.717, 1.165) is 12.5 Å². The summed E-state index contributed by atoms with van der Waals surface area (Å²) in [5.41, 5.74) is 11.8. The molecule has 0 bridgehead atoms. The maximum absolute atomic E-state index is 7.13. The second-order valence-electron chi connectivity index (χ2n) is 10.3. The zero-order valence-corrected chi connectivity index (χ0v) is 23.8. The largest absolute Gasteiger partial charge is 0.469 e. The maximum Gasteiger partial charge on any atom is 0.469 e. The van der Waals surface area contributed by atoms with E-state index >= 15 is 0 Å². The third kappa shape index (κ3) is 8.50. The van der Waals surface area contributed by atoms with Crippen molar-refractivity contribution in [1.82, 2.24) is 0 Å². The van der Waals surface area contributed by atoms with E-state index in [0.29, 0.717) is 5.54 Å². The summed E-state index contributed by atoms with van der Waals surface area (Å²) < 4.78 is 20.7. The molecule has 0 aromatic heterocycles. The molecule has 0 aliphatic carbocycles. The molecular weight excluding hydrogens is 407 g/mol. The second kappa shape index (κ2) is 9.22. The minimum Gasteiger partial charge on any atom is -0.417 e. The normalized spacial score (nSPS) is 16.3. The van der Waals surface area contributed by atoms with Gasteiger partial charge in [-0.15, -0.1) is 0 Å². The van der Waals surface area contributed by atoms with Crippen molar-refractivity contribution in [3.8, 4) is 0 Å². The summed E-state index contributed by atoms with van der Waals surface area (Å²) in [6.45, 7) is 26.2. The quantitative estimate of drug-likeness (QED) is 0.271. The van der Waals surface area contributed by atoms with Crippen molar-refractivity contribution >= 4 is 39.7 Å². The third-order valence-corrected chi connectivity index (χ3v) is 20.8. The monoisotopic (exact) mass is 451 g/mol. The highest BCUT2D eigenvalue weighted by atomic mass is 28.5. The molecule has 162 valence electrons. The molecule has 0 aromatic rings. The van der Waals surface area contributed by atoms with E-state index in [1.54, 1.807) is 0 Å². The van der Waals surface area contributed by atoms with Crippen molar-refractivity contribution in [2.24, 2.45) is 16.5 Å². The summed E-state index contributed by atoms with van der Waals surface area (Å²) >= 11 is 0. The zero-order valence-electron chi connectivity index (χ0n) is 19.8. The number of aliphatic imine (C=N–C) groups is 1. The summed E-state index contributed by atoms with van der Waals surface area (Å²) in [5.74, 6) is 0.1000. The molecule has 27 heavy (non-hydrogen) atoms. The second-order valence-corrected chi connectivity index (χ2v) is 27.7. The first-order chi connectivity index (χ1) is 11.8. The fraction of sp³-hybridized carbons (Fsp3) is 0.941. The van der Waals surface area contributed by atoms with E-state index in [1.807, 2.05) is 0 Å². The van der Waals surface area contributed by atoms with Crippen molar-refractivity contribution < 1.29 is 12.3 Å². The maximum atomic E-state index is 7.13. The molecule has 0 heterocycles. The molecule has 0 saturated carbocycles. The highest BCUT2D eigenvalue weighted by molar-refractivity contribution is 6.91. The van der Waals surface area contributed by atoms with Gasteiger partial charge in [0.2, 0.25) is 8.32 Å². The molecule has 0 radical (unpaired) electrons. The van der Waals surface area contributed by atoms with Crippen molar-refractivity contribution in [2.45, 2.75) is 104 Å². The Balaban J connectivity index is 6.40. The summed E-state index contributed by atoms with van der Waals surface area (Å²) in [7, 11) is -9.14. The fourth-order valence-electron chi connectivity index (χ4n) is 3.16. The molecule has 1 atom stereocenters. The van der Waals surface area contributed by atoms with E-state index < -0.39 is 38.9 Å². The van der Waals surface area contributed by atoms with Gasteiger partial charge in [0.25, 0.3) is 0 Å². The van der Waals surface area contributed by atoms with Gasteiger partial charge in [-0.1, -0.05) is 27.2 Å². The van der Waals surface area contributed by atoms with Crippen molar-refractivity contribution in [2.75, 3.05) is 0 Å². The van der Waals surface area contributed by atoms with Crippen LogP contribution in [-0.2, 0) is 12.3 Å². The van der Waals surface area contributed by atoms with Crippen molar-refractivity contribution in [1.29, 1.82) is 0 Å². The van der Waals surface area contributed by atoms with Gasteiger partial charge >= 0.3 is 8.80 Å². The zero-order chi connectivity index (χ0) is 21.9. The average molecular weight is 452 g/mol. The van der Waals surface area contributed by atoms with Gasteiger partial charge in [-0.05, 0) is 65.2 Å². The summed E-state index contributed by atoms with van der Waals surface area (Å²) in [5, 5.41) is -0.489. The average Bonchev–Trinajstić information content (AvgIpc) is 2.31. The first-order valence-corrected chi connectivity index (χ1v) is 21.2. The molecule has 0 aliphatic rings. The van der Waals surface area contributed by atoms with E-state index in [-0.39, 0.29) is 5.96 Å². The molecule has 6 nitrogen and oxygen atoms in total. The molecule has 0 saturated heterocycles. The molecule has 0 rings (SSSR count). The van der Waals surface area contributed by atoms with Gasteiger partial charge in [-0.2, -0.15) is 0 Å². The summed E-state index contributed by atoms with van der Waals surface area (Å²) in [4.78, 5) is 4.58. The number of nitrogens with two attached hydrogens (primary N) is 2. The van der Waals surface area contributed by atoms with Gasteiger partial charge in [0.05, 0.1) is 5.16 Å². The van der Waals surface area contributed by atoms with Crippen LogP contribution in [0.15, 0.2) is 4.99 Å². The number of guanidine groups is 1. The smallest absolute Gasteiger partial charge is 0.417 e. The first-order valence-electron chi connectivity index (χ1n) is 10.0. The molecule has 1 unspecified atom stereocenters. The van der Waals surface area contributed by atoms with Crippen LogP contribution in [0.3, 0.4) is 0 Å². The van der Waals surface area contributed by atoms with Gasteiger partial charge < -0.3 is 23.8 Å². The molecule has 0 aromatic carbocycles. The molecule has 0 fully saturated rings. The molecule has 0 spiro atoms. The molecule has 0 amide bonds. The predicted octanol–water partition coefficient (Wildman–Crippen LogP) is 4.63. The van der Waals surface area contributed by atoms with Gasteiger partial charge in [-0.25, -0.2) is 4.99 Å². The Morgan fingerprint density at radius 2 is 1.30 bits per heavy atom. The lowest BCUT2D eigenvalue weighted by Crippen LogP contribution is -2.67. The Hall–Kier alpha value is 0.0175. The van der Waals surface area contributed by atoms with Crippen molar-refractivity contribution in [3.63, 3.8) is 0 Å². The third-order valence-electron chi connectivity index (χ3n) is 4.57. The number of hydrogen-bond donors (Lipinski definition) is 2. The van der Waals surface area contributed by atoms with E-state index in [2.05, 4.69) is 85.4 Å². The van der Waals surface area contributed by atoms with E-state index in [1.165, 1.54) is 0 Å². The lowest BCUT2D eigenvalue weighted by molar-refractivity contribution is 0.238. The molecular formula is C17H45N3O3Si4. The minimum atomic E-state index is -2.89. The molecule has 4 N–H and O–H groups in total. The van der Waals surface area contributed by atoms with Crippen LogP contribution in [-0.4, -0.2) is 44.9 Å². The minimum absolute atomic E-state index is 0.1000. The van der Waals surface area contributed by atoms with Crippen LogP contribution in [0, 0.1) is 0 Å². The topological polar surface area (TPSA) is 92.1 Å².